The lowest BCUT2D eigenvalue weighted by atomic mass is 9.79. The molecule has 53 heavy (non-hydrogen) atoms. The molecule has 0 spiro atoms. The van der Waals surface area contributed by atoms with Gasteiger partial charge in [-0.05, 0) is 86.4 Å². The highest BCUT2D eigenvalue weighted by atomic mass is 35.5. The second-order valence-corrected chi connectivity index (χ2v) is 14.7. The van der Waals surface area contributed by atoms with Crippen LogP contribution in [0.2, 0.25) is 5.02 Å². The molecule has 2 aliphatic rings. The Balaban J connectivity index is 1.23. The number of likely N-dealkylation sites (N-methyl/N-ethyl adjacent to an activating group) is 1. The number of carbonyl (C=O) groups is 4. The Hall–Kier alpha value is -5.03. The molecular weight excluding hydrogens is 694 g/mol. The lowest BCUT2D eigenvalue weighted by Gasteiger charge is -2.40. The fourth-order valence-electron chi connectivity index (χ4n) is 7.76. The van der Waals surface area contributed by atoms with E-state index in [-0.39, 0.29) is 54.5 Å². The third-order valence-electron chi connectivity index (χ3n) is 10.4. The molecule has 0 aliphatic carbocycles. The first kappa shape index (κ1) is 37.7. The molecular formula is C41H48ClN5O6. The van der Waals surface area contributed by atoms with Crippen molar-refractivity contribution in [1.82, 2.24) is 25.4 Å². The number of H-pyrrole nitrogens is 1. The maximum atomic E-state index is 14.3. The molecule has 4 atom stereocenters. The average molecular weight is 742 g/mol. The Kier molecular flexibility index (Phi) is 11.9. The quantitative estimate of drug-likeness (QED) is 0.171. The summed E-state index contributed by atoms with van der Waals surface area (Å²) in [7, 11) is 3.09. The highest BCUT2D eigenvalue weighted by Gasteiger charge is 2.48. The number of carbonyl (C=O) groups excluding carboxylic acids is 4. The van der Waals surface area contributed by atoms with Crippen molar-refractivity contribution < 1.29 is 28.7 Å². The van der Waals surface area contributed by atoms with Gasteiger partial charge in [0.15, 0.2) is 11.5 Å². The third-order valence-corrected chi connectivity index (χ3v) is 10.7. The highest BCUT2D eigenvalue weighted by molar-refractivity contribution is 6.35. The molecule has 1 aromatic heterocycles. The van der Waals surface area contributed by atoms with Crippen LogP contribution < -0.4 is 20.1 Å². The van der Waals surface area contributed by atoms with Crippen LogP contribution in [0.4, 0.5) is 0 Å². The van der Waals surface area contributed by atoms with Crippen LogP contribution in [0.1, 0.15) is 48.2 Å². The molecule has 0 bridgehead atoms. The van der Waals surface area contributed by atoms with Gasteiger partial charge in [0.25, 0.3) is 5.91 Å². The van der Waals surface area contributed by atoms with E-state index in [2.05, 4.69) is 15.6 Å². The molecule has 3 N–H and O–H groups in total. The fraction of sp³-hybridized carbons (Fsp3) is 0.415. The van der Waals surface area contributed by atoms with Crippen molar-refractivity contribution in [3.63, 3.8) is 0 Å². The van der Waals surface area contributed by atoms with E-state index in [1.807, 2.05) is 56.3 Å². The van der Waals surface area contributed by atoms with E-state index in [1.165, 1.54) is 7.11 Å². The van der Waals surface area contributed by atoms with E-state index < -0.39 is 12.0 Å². The standard InChI is InChI=1S/C41H48ClN5O6/c1-25(2)53-35-17-16-27(18-36(35)52-4)41(51)47-22-29-21-46(37(48)19-28-20-44-33-14-9-13-32(42)38(28)33)24-31(30(29)23-47)39(49)45-34(40(50)43-3)15-8-12-26-10-6-5-7-11-26/h5-7,9-11,13-14,16-18,20,25,29-31,34,44H,8,12,15,19,21-24H2,1-4H3,(H,43,50)(H,45,49)/t29?,30?,31?,34-/m0/s1. The summed E-state index contributed by atoms with van der Waals surface area (Å²) in [6.45, 7) is 5.12. The topological polar surface area (TPSA) is 133 Å². The summed E-state index contributed by atoms with van der Waals surface area (Å²) in [6.07, 6.45) is 3.75. The van der Waals surface area contributed by atoms with Crippen LogP contribution in [-0.4, -0.2) is 90.9 Å². The molecule has 2 fully saturated rings. The number of benzene rings is 3. The van der Waals surface area contributed by atoms with Crippen molar-refractivity contribution in [3.8, 4) is 11.5 Å². The van der Waals surface area contributed by atoms with Gasteiger partial charge in [-0.2, -0.15) is 0 Å². The van der Waals surface area contributed by atoms with Crippen LogP contribution >= 0.6 is 11.6 Å². The maximum Gasteiger partial charge on any atom is 0.254 e. The number of hydrogen-bond donors (Lipinski definition) is 3. The smallest absolute Gasteiger partial charge is 0.254 e. The van der Waals surface area contributed by atoms with Crippen LogP contribution in [0.25, 0.3) is 10.9 Å². The minimum atomic E-state index is -0.743. The van der Waals surface area contributed by atoms with E-state index in [4.69, 9.17) is 21.1 Å². The van der Waals surface area contributed by atoms with Gasteiger partial charge in [-0.3, -0.25) is 19.2 Å². The number of halogens is 1. The predicted molar refractivity (Wildman–Crippen MR) is 204 cm³/mol. The number of aryl methyl sites for hydroxylation is 1. The predicted octanol–water partition coefficient (Wildman–Crippen LogP) is 5.26. The zero-order chi connectivity index (χ0) is 37.6. The Morgan fingerprint density at radius 2 is 1.72 bits per heavy atom. The number of hydrogen-bond acceptors (Lipinski definition) is 6. The number of nitrogens with zero attached hydrogens (tertiary/aromatic N) is 2. The Bertz CT molecular complexity index is 1950. The van der Waals surface area contributed by atoms with Crippen LogP contribution in [0.15, 0.2) is 72.9 Å². The van der Waals surface area contributed by atoms with Gasteiger partial charge in [-0.1, -0.05) is 48.0 Å². The first-order valence-electron chi connectivity index (χ1n) is 18.3. The maximum absolute atomic E-state index is 14.3. The number of likely N-dealkylation sites (tertiary alicyclic amines) is 2. The summed E-state index contributed by atoms with van der Waals surface area (Å²) in [5.41, 5.74) is 3.22. The van der Waals surface area contributed by atoms with Gasteiger partial charge in [0.2, 0.25) is 17.7 Å². The van der Waals surface area contributed by atoms with Crippen LogP contribution in [-0.2, 0) is 27.2 Å². The number of methoxy groups -OCH3 is 1. The summed E-state index contributed by atoms with van der Waals surface area (Å²) in [5.74, 6) is -0.902. The molecule has 2 saturated heterocycles. The fourth-order valence-corrected chi connectivity index (χ4v) is 8.05. The second-order valence-electron chi connectivity index (χ2n) is 14.3. The summed E-state index contributed by atoms with van der Waals surface area (Å²) in [4.78, 5) is 62.0. The minimum Gasteiger partial charge on any atom is -0.493 e. The number of fused-ring (bicyclic) bond motifs is 2. The van der Waals surface area contributed by atoms with E-state index in [1.54, 1.807) is 47.3 Å². The second kappa shape index (κ2) is 16.8. The molecule has 2 aliphatic heterocycles. The molecule has 0 saturated carbocycles. The first-order chi connectivity index (χ1) is 25.6. The van der Waals surface area contributed by atoms with Gasteiger partial charge in [-0.25, -0.2) is 0 Å². The molecule has 11 nitrogen and oxygen atoms in total. The average Bonchev–Trinajstić information content (AvgIpc) is 3.78. The monoisotopic (exact) mass is 741 g/mol. The molecule has 4 amide bonds. The molecule has 3 heterocycles. The number of piperidine rings is 1. The highest BCUT2D eigenvalue weighted by Crippen LogP contribution is 2.38. The van der Waals surface area contributed by atoms with Crippen molar-refractivity contribution in [3.05, 3.63) is 94.6 Å². The van der Waals surface area contributed by atoms with Gasteiger partial charge >= 0.3 is 0 Å². The lowest BCUT2D eigenvalue weighted by Crippen LogP contribution is -2.56. The molecule has 3 aromatic carbocycles. The number of ether oxygens (including phenoxy) is 2. The van der Waals surface area contributed by atoms with Crippen molar-refractivity contribution in [2.24, 2.45) is 17.8 Å². The van der Waals surface area contributed by atoms with Gasteiger partial charge in [0, 0.05) is 55.9 Å². The number of rotatable bonds is 13. The van der Waals surface area contributed by atoms with Crippen molar-refractivity contribution >= 4 is 46.1 Å². The number of aromatic nitrogens is 1. The van der Waals surface area contributed by atoms with Crippen LogP contribution in [0.3, 0.4) is 0 Å². The zero-order valence-electron chi connectivity index (χ0n) is 30.7. The Morgan fingerprint density at radius 1 is 0.943 bits per heavy atom. The van der Waals surface area contributed by atoms with E-state index >= 15 is 0 Å². The van der Waals surface area contributed by atoms with Crippen molar-refractivity contribution in [1.29, 1.82) is 0 Å². The summed E-state index contributed by atoms with van der Waals surface area (Å²) in [5, 5.41) is 7.09. The van der Waals surface area contributed by atoms with Crippen LogP contribution in [0, 0.1) is 17.8 Å². The van der Waals surface area contributed by atoms with Gasteiger partial charge in [0.05, 0.1) is 30.6 Å². The normalized spacial score (nSPS) is 18.8. The van der Waals surface area contributed by atoms with Crippen LogP contribution in [0.5, 0.6) is 11.5 Å². The largest absolute Gasteiger partial charge is 0.493 e. The van der Waals surface area contributed by atoms with Gasteiger partial charge in [0.1, 0.15) is 6.04 Å². The molecule has 4 aromatic rings. The third kappa shape index (κ3) is 8.62. The van der Waals surface area contributed by atoms with E-state index in [9.17, 15) is 19.2 Å². The number of aromatic amines is 1. The summed E-state index contributed by atoms with van der Waals surface area (Å²) < 4.78 is 11.4. The SMILES string of the molecule is CNC(=O)[C@H](CCCc1ccccc1)NC(=O)C1CN(C(=O)Cc2c[nH]c3cccc(Cl)c23)CC2CN(C(=O)c3ccc(OC(C)C)c(OC)c3)CC21. The number of nitrogens with one attached hydrogen (secondary N) is 3. The molecule has 6 rings (SSSR count). The molecule has 280 valence electrons. The Morgan fingerprint density at radius 3 is 2.45 bits per heavy atom. The zero-order valence-corrected chi connectivity index (χ0v) is 31.4. The minimum absolute atomic E-state index is 0.0688. The Labute approximate surface area is 315 Å². The molecule has 12 heteroatoms. The first-order valence-corrected chi connectivity index (χ1v) is 18.7. The van der Waals surface area contributed by atoms with E-state index in [0.29, 0.717) is 54.6 Å². The molecule has 3 unspecified atom stereocenters. The lowest BCUT2D eigenvalue weighted by molar-refractivity contribution is -0.140. The number of amides is 4. The van der Waals surface area contributed by atoms with Crippen molar-refractivity contribution in [2.75, 3.05) is 40.3 Å². The molecule has 0 radical (unpaired) electrons. The van der Waals surface area contributed by atoms with E-state index in [0.717, 1.165) is 28.5 Å². The van der Waals surface area contributed by atoms with Crippen molar-refractivity contribution in [2.45, 2.75) is 51.7 Å². The summed E-state index contributed by atoms with van der Waals surface area (Å²) >= 11 is 6.53. The summed E-state index contributed by atoms with van der Waals surface area (Å²) in [6, 6.07) is 20.0. The van der Waals surface area contributed by atoms with Gasteiger partial charge < -0.3 is 34.9 Å². The van der Waals surface area contributed by atoms with Gasteiger partial charge in [-0.15, -0.1) is 0 Å².